The maximum Gasteiger partial charge on any atom is 0.176 e. The third-order valence-electron chi connectivity index (χ3n) is 6.49. The van der Waals surface area contributed by atoms with Crippen molar-refractivity contribution in [1.29, 1.82) is 0 Å². The van der Waals surface area contributed by atoms with Gasteiger partial charge in [0, 0.05) is 43.8 Å². The molecule has 1 saturated heterocycles. The van der Waals surface area contributed by atoms with Crippen LogP contribution < -0.4 is 10.1 Å². The number of hydrogen-bond acceptors (Lipinski definition) is 5. The number of carbonyl (C=O) groups is 1. The van der Waals surface area contributed by atoms with Gasteiger partial charge in [-0.25, -0.2) is 4.39 Å². The molecule has 1 heterocycles. The van der Waals surface area contributed by atoms with Gasteiger partial charge >= 0.3 is 0 Å². The first-order valence-electron chi connectivity index (χ1n) is 10.6. The molecule has 1 aliphatic carbocycles. The lowest BCUT2D eigenvalue weighted by molar-refractivity contribution is 0.00929. The van der Waals surface area contributed by atoms with E-state index in [0.29, 0.717) is 5.56 Å². The number of piperazine rings is 1. The van der Waals surface area contributed by atoms with E-state index in [4.69, 9.17) is 4.74 Å². The Bertz CT molecular complexity index is 653. The zero-order valence-electron chi connectivity index (χ0n) is 17.3. The Labute approximate surface area is 168 Å². The topological polar surface area (TPSA) is 44.8 Å². The molecule has 156 valence electrons. The van der Waals surface area contributed by atoms with Gasteiger partial charge in [-0.05, 0) is 37.6 Å². The average molecular weight is 392 g/mol. The highest BCUT2D eigenvalue weighted by Crippen LogP contribution is 2.34. The molecule has 0 radical (unpaired) electrons. The minimum atomic E-state index is -0.495. The maximum absolute atomic E-state index is 13.9. The van der Waals surface area contributed by atoms with E-state index in [0.717, 1.165) is 39.3 Å². The van der Waals surface area contributed by atoms with Crippen LogP contribution in [0.2, 0.25) is 0 Å². The Morgan fingerprint density at radius 1 is 1.18 bits per heavy atom. The van der Waals surface area contributed by atoms with E-state index in [9.17, 15) is 9.18 Å². The number of rotatable bonds is 8. The van der Waals surface area contributed by atoms with Crippen LogP contribution in [0.25, 0.3) is 0 Å². The minimum Gasteiger partial charge on any atom is -0.494 e. The fraction of sp³-hybridized carbons (Fsp3) is 0.682. The molecular formula is C22H34FN3O2. The molecule has 0 spiro atoms. The second kappa shape index (κ2) is 9.81. The van der Waals surface area contributed by atoms with Gasteiger partial charge < -0.3 is 15.0 Å². The maximum atomic E-state index is 13.9. The van der Waals surface area contributed by atoms with Crippen LogP contribution in [-0.4, -0.2) is 74.0 Å². The van der Waals surface area contributed by atoms with Gasteiger partial charge in [0.2, 0.25) is 0 Å². The number of halogens is 1. The lowest BCUT2D eigenvalue weighted by Crippen LogP contribution is -2.61. The zero-order valence-corrected chi connectivity index (χ0v) is 17.3. The van der Waals surface area contributed by atoms with Gasteiger partial charge in [0.05, 0.1) is 13.7 Å². The summed E-state index contributed by atoms with van der Waals surface area (Å²) in [4.78, 5) is 17.7. The normalized spacial score (nSPS) is 20.8. The summed E-state index contributed by atoms with van der Waals surface area (Å²) >= 11 is 0. The summed E-state index contributed by atoms with van der Waals surface area (Å²) in [5, 5.41) is 3.41. The summed E-state index contributed by atoms with van der Waals surface area (Å²) in [6.45, 7) is 8.87. The standard InChI is InChI=1S/C22H34FN3O2/c1-3-25-11-13-26(14-12-25)22(9-5-4-6-10-22)17-24-16-20(27)18-7-8-21(28-2)19(23)15-18/h7-8,15,24H,3-6,9-14,16-17H2,1-2H3. The highest BCUT2D eigenvalue weighted by molar-refractivity contribution is 5.97. The Morgan fingerprint density at radius 2 is 1.89 bits per heavy atom. The summed E-state index contributed by atoms with van der Waals surface area (Å²) in [5.74, 6) is -0.411. The van der Waals surface area contributed by atoms with Crippen LogP contribution >= 0.6 is 0 Å². The Hall–Kier alpha value is -1.50. The molecule has 3 rings (SSSR count). The first-order valence-corrected chi connectivity index (χ1v) is 10.6. The predicted molar refractivity (Wildman–Crippen MR) is 110 cm³/mol. The third kappa shape index (κ3) is 4.91. The third-order valence-corrected chi connectivity index (χ3v) is 6.49. The number of Topliss-reactive ketones (excluding diaryl/α,β-unsaturated/α-hetero) is 1. The fourth-order valence-electron chi connectivity index (χ4n) is 4.70. The van der Waals surface area contributed by atoms with Gasteiger partial charge in [-0.3, -0.25) is 9.69 Å². The largest absolute Gasteiger partial charge is 0.494 e. The smallest absolute Gasteiger partial charge is 0.176 e. The number of benzene rings is 1. The van der Waals surface area contributed by atoms with Crippen LogP contribution in [0, 0.1) is 5.82 Å². The Kier molecular flexibility index (Phi) is 7.43. The zero-order chi connectivity index (χ0) is 20.0. The second-order valence-electron chi connectivity index (χ2n) is 8.08. The van der Waals surface area contributed by atoms with Crippen molar-refractivity contribution in [3.63, 3.8) is 0 Å². The molecule has 1 aromatic rings. The number of ketones is 1. The Balaban J connectivity index is 1.58. The molecule has 0 unspecified atom stereocenters. The van der Waals surface area contributed by atoms with Crippen LogP contribution in [-0.2, 0) is 0 Å². The fourth-order valence-corrected chi connectivity index (χ4v) is 4.70. The monoisotopic (exact) mass is 391 g/mol. The Morgan fingerprint density at radius 3 is 2.50 bits per heavy atom. The van der Waals surface area contributed by atoms with Crippen molar-refractivity contribution in [3.05, 3.63) is 29.6 Å². The van der Waals surface area contributed by atoms with E-state index in [1.54, 1.807) is 6.07 Å². The molecule has 28 heavy (non-hydrogen) atoms. The van der Waals surface area contributed by atoms with Crippen LogP contribution in [0.15, 0.2) is 18.2 Å². The van der Waals surface area contributed by atoms with E-state index in [-0.39, 0.29) is 23.6 Å². The molecule has 0 atom stereocenters. The van der Waals surface area contributed by atoms with Gasteiger partial charge in [-0.2, -0.15) is 0 Å². The molecule has 2 aliphatic rings. The summed E-state index contributed by atoms with van der Waals surface area (Å²) in [5.41, 5.74) is 0.545. The quantitative estimate of drug-likeness (QED) is 0.691. The number of nitrogens with zero attached hydrogens (tertiary/aromatic N) is 2. The molecule has 1 saturated carbocycles. The van der Waals surface area contributed by atoms with Crippen molar-refractivity contribution in [2.45, 2.75) is 44.6 Å². The van der Waals surface area contributed by atoms with Crippen LogP contribution in [0.5, 0.6) is 5.75 Å². The van der Waals surface area contributed by atoms with Gasteiger partial charge in [0.15, 0.2) is 17.3 Å². The molecule has 1 aromatic carbocycles. The van der Waals surface area contributed by atoms with Crippen molar-refractivity contribution in [2.24, 2.45) is 0 Å². The number of hydrogen-bond donors (Lipinski definition) is 1. The number of nitrogens with one attached hydrogen (secondary N) is 1. The van der Waals surface area contributed by atoms with Crippen molar-refractivity contribution in [3.8, 4) is 5.75 Å². The molecular weight excluding hydrogens is 357 g/mol. The van der Waals surface area contributed by atoms with Gasteiger partial charge in [0.25, 0.3) is 0 Å². The molecule has 5 nitrogen and oxygen atoms in total. The van der Waals surface area contributed by atoms with Crippen molar-refractivity contribution >= 4 is 5.78 Å². The van der Waals surface area contributed by atoms with E-state index in [1.807, 2.05) is 0 Å². The first kappa shape index (κ1) is 21.2. The van der Waals surface area contributed by atoms with E-state index in [1.165, 1.54) is 51.3 Å². The van der Waals surface area contributed by atoms with Crippen LogP contribution in [0.1, 0.15) is 49.4 Å². The van der Waals surface area contributed by atoms with Gasteiger partial charge in [-0.15, -0.1) is 0 Å². The number of methoxy groups -OCH3 is 1. The summed E-state index contributed by atoms with van der Waals surface area (Å²) in [7, 11) is 1.42. The summed E-state index contributed by atoms with van der Waals surface area (Å²) in [6, 6.07) is 4.41. The lowest BCUT2D eigenvalue weighted by Gasteiger charge is -2.50. The van der Waals surface area contributed by atoms with Crippen molar-refractivity contribution in [1.82, 2.24) is 15.1 Å². The molecule has 0 aromatic heterocycles. The number of carbonyl (C=O) groups excluding carboxylic acids is 1. The highest BCUT2D eigenvalue weighted by atomic mass is 19.1. The molecule has 0 amide bonds. The number of ether oxygens (including phenoxy) is 1. The molecule has 1 aliphatic heterocycles. The molecule has 2 fully saturated rings. The average Bonchev–Trinajstić information content (AvgIpc) is 2.74. The summed E-state index contributed by atoms with van der Waals surface area (Å²) in [6.07, 6.45) is 6.20. The summed E-state index contributed by atoms with van der Waals surface area (Å²) < 4.78 is 18.8. The number of likely N-dealkylation sites (N-methyl/N-ethyl adjacent to an activating group) is 1. The van der Waals surface area contributed by atoms with Crippen LogP contribution in [0.4, 0.5) is 4.39 Å². The minimum absolute atomic E-state index is 0.0803. The molecule has 1 N–H and O–H groups in total. The first-order chi connectivity index (χ1) is 13.6. The van der Waals surface area contributed by atoms with E-state index in [2.05, 4.69) is 22.0 Å². The van der Waals surface area contributed by atoms with Crippen LogP contribution in [0.3, 0.4) is 0 Å². The molecule has 0 bridgehead atoms. The lowest BCUT2D eigenvalue weighted by atomic mass is 9.79. The highest BCUT2D eigenvalue weighted by Gasteiger charge is 2.38. The van der Waals surface area contributed by atoms with E-state index >= 15 is 0 Å². The van der Waals surface area contributed by atoms with Crippen molar-refractivity contribution in [2.75, 3.05) is 52.9 Å². The van der Waals surface area contributed by atoms with Gasteiger partial charge in [-0.1, -0.05) is 26.2 Å². The predicted octanol–water partition coefficient (Wildman–Crippen LogP) is 2.95. The second-order valence-corrected chi connectivity index (χ2v) is 8.08. The van der Waals surface area contributed by atoms with Gasteiger partial charge in [0.1, 0.15) is 0 Å². The molecule has 6 heteroatoms. The van der Waals surface area contributed by atoms with Crippen molar-refractivity contribution < 1.29 is 13.9 Å². The van der Waals surface area contributed by atoms with E-state index < -0.39 is 5.82 Å². The SMILES string of the molecule is CCN1CCN(C2(CNCC(=O)c3ccc(OC)c(F)c3)CCCCC2)CC1.